The second-order valence-electron chi connectivity index (χ2n) is 4.92. The summed E-state index contributed by atoms with van der Waals surface area (Å²) in [7, 11) is 0. The Kier molecular flexibility index (Phi) is 4.20. The maximum Gasteiger partial charge on any atom is 0.123 e. The van der Waals surface area contributed by atoms with Crippen LogP contribution >= 0.6 is 0 Å². The summed E-state index contributed by atoms with van der Waals surface area (Å²) in [6, 6.07) is 13.6. The third-order valence-electron chi connectivity index (χ3n) is 3.45. The molecular formula is C17H20FN. The highest BCUT2D eigenvalue weighted by molar-refractivity contribution is 5.52. The molecule has 0 bridgehead atoms. The number of aryl methyl sites for hydroxylation is 2. The predicted octanol–water partition coefficient (Wildman–Crippen LogP) is 4.87. The zero-order valence-electron chi connectivity index (χ0n) is 11.7. The first-order valence-electron chi connectivity index (χ1n) is 6.71. The first-order chi connectivity index (χ1) is 9.10. The Balaban J connectivity index is 2.13. The van der Waals surface area contributed by atoms with Crippen molar-refractivity contribution in [2.45, 2.75) is 33.2 Å². The monoisotopic (exact) mass is 257 g/mol. The topological polar surface area (TPSA) is 12.0 Å². The number of rotatable bonds is 4. The standard InChI is InChI=1S/C17H20FN/c1-4-14-5-7-15(8-6-14)13(3)19-17-10-9-16(18)11-12(17)2/h5-11,13,19H,4H2,1-3H3. The minimum Gasteiger partial charge on any atom is -0.378 e. The van der Waals surface area contributed by atoms with Gasteiger partial charge in [-0.1, -0.05) is 31.2 Å². The SMILES string of the molecule is CCc1ccc(C(C)Nc2ccc(F)cc2C)cc1. The van der Waals surface area contributed by atoms with Gasteiger partial charge in [-0.3, -0.25) is 0 Å². The zero-order chi connectivity index (χ0) is 13.8. The molecule has 1 atom stereocenters. The number of nitrogens with one attached hydrogen (secondary N) is 1. The minimum absolute atomic E-state index is 0.192. The van der Waals surface area contributed by atoms with E-state index in [1.165, 1.54) is 17.2 Å². The number of benzene rings is 2. The van der Waals surface area contributed by atoms with Crippen LogP contribution in [0.4, 0.5) is 10.1 Å². The fourth-order valence-electron chi connectivity index (χ4n) is 2.15. The molecule has 1 nitrogen and oxygen atoms in total. The summed E-state index contributed by atoms with van der Waals surface area (Å²) in [5.74, 6) is -0.192. The van der Waals surface area contributed by atoms with Gasteiger partial charge in [-0.2, -0.15) is 0 Å². The van der Waals surface area contributed by atoms with Crippen molar-refractivity contribution < 1.29 is 4.39 Å². The van der Waals surface area contributed by atoms with E-state index in [1.54, 1.807) is 12.1 Å². The molecule has 1 N–H and O–H groups in total. The molecule has 0 saturated heterocycles. The molecule has 1 unspecified atom stereocenters. The Morgan fingerprint density at radius 1 is 1.11 bits per heavy atom. The van der Waals surface area contributed by atoms with E-state index in [0.29, 0.717) is 0 Å². The van der Waals surface area contributed by atoms with E-state index in [4.69, 9.17) is 0 Å². The Morgan fingerprint density at radius 2 is 1.79 bits per heavy atom. The van der Waals surface area contributed by atoms with Gasteiger partial charge >= 0.3 is 0 Å². The molecule has 100 valence electrons. The van der Waals surface area contributed by atoms with Crippen LogP contribution in [-0.2, 0) is 6.42 Å². The lowest BCUT2D eigenvalue weighted by atomic mass is 10.0. The van der Waals surface area contributed by atoms with Crippen molar-refractivity contribution in [1.29, 1.82) is 0 Å². The zero-order valence-corrected chi connectivity index (χ0v) is 11.7. The van der Waals surface area contributed by atoms with E-state index >= 15 is 0 Å². The van der Waals surface area contributed by atoms with Gasteiger partial charge in [0.15, 0.2) is 0 Å². The van der Waals surface area contributed by atoms with Crippen molar-refractivity contribution in [3.8, 4) is 0 Å². The Bertz CT molecular complexity index is 546. The summed E-state index contributed by atoms with van der Waals surface area (Å²) < 4.78 is 13.1. The summed E-state index contributed by atoms with van der Waals surface area (Å²) in [6.07, 6.45) is 1.05. The Morgan fingerprint density at radius 3 is 2.37 bits per heavy atom. The smallest absolute Gasteiger partial charge is 0.123 e. The van der Waals surface area contributed by atoms with Crippen LogP contribution in [-0.4, -0.2) is 0 Å². The fraction of sp³-hybridized carbons (Fsp3) is 0.294. The molecule has 0 fully saturated rings. The van der Waals surface area contributed by atoms with Crippen LogP contribution in [0.2, 0.25) is 0 Å². The van der Waals surface area contributed by atoms with Gasteiger partial charge in [-0.25, -0.2) is 4.39 Å². The van der Waals surface area contributed by atoms with Gasteiger partial charge in [0.05, 0.1) is 0 Å². The largest absolute Gasteiger partial charge is 0.378 e. The van der Waals surface area contributed by atoms with E-state index in [1.807, 2.05) is 6.92 Å². The summed E-state index contributed by atoms with van der Waals surface area (Å²) in [5, 5.41) is 3.42. The van der Waals surface area contributed by atoms with Crippen molar-refractivity contribution in [1.82, 2.24) is 0 Å². The molecule has 2 aromatic rings. The maximum absolute atomic E-state index is 13.1. The lowest BCUT2D eigenvalue weighted by Gasteiger charge is -2.17. The summed E-state index contributed by atoms with van der Waals surface area (Å²) in [6.45, 7) is 6.18. The normalized spacial score (nSPS) is 12.2. The van der Waals surface area contributed by atoms with Gasteiger partial charge in [0.1, 0.15) is 5.82 Å². The molecule has 0 spiro atoms. The van der Waals surface area contributed by atoms with Crippen LogP contribution in [0.1, 0.15) is 36.6 Å². The van der Waals surface area contributed by atoms with Gasteiger partial charge in [-0.15, -0.1) is 0 Å². The van der Waals surface area contributed by atoms with E-state index in [-0.39, 0.29) is 11.9 Å². The Hall–Kier alpha value is -1.83. The molecule has 0 amide bonds. The predicted molar refractivity (Wildman–Crippen MR) is 79.0 cm³/mol. The first kappa shape index (κ1) is 13.6. The second kappa shape index (κ2) is 5.87. The van der Waals surface area contributed by atoms with Crippen molar-refractivity contribution in [2.24, 2.45) is 0 Å². The number of hydrogen-bond donors (Lipinski definition) is 1. The third-order valence-corrected chi connectivity index (χ3v) is 3.45. The van der Waals surface area contributed by atoms with Crippen LogP contribution in [0.15, 0.2) is 42.5 Å². The molecule has 2 rings (SSSR count). The fourth-order valence-corrected chi connectivity index (χ4v) is 2.15. The van der Waals surface area contributed by atoms with E-state index in [2.05, 4.69) is 43.4 Å². The highest BCUT2D eigenvalue weighted by atomic mass is 19.1. The summed E-state index contributed by atoms with van der Waals surface area (Å²) in [4.78, 5) is 0. The van der Waals surface area contributed by atoms with Gasteiger partial charge < -0.3 is 5.32 Å². The van der Waals surface area contributed by atoms with Crippen molar-refractivity contribution in [3.05, 3.63) is 65.0 Å². The van der Waals surface area contributed by atoms with Crippen LogP contribution in [0, 0.1) is 12.7 Å². The number of halogens is 1. The highest BCUT2D eigenvalue weighted by Gasteiger charge is 2.07. The first-order valence-corrected chi connectivity index (χ1v) is 6.71. The molecule has 0 heterocycles. The molecule has 2 heteroatoms. The summed E-state index contributed by atoms with van der Waals surface area (Å²) >= 11 is 0. The maximum atomic E-state index is 13.1. The van der Waals surface area contributed by atoms with Gasteiger partial charge in [0, 0.05) is 11.7 Å². The van der Waals surface area contributed by atoms with Crippen molar-refractivity contribution in [3.63, 3.8) is 0 Å². The molecule has 0 saturated carbocycles. The van der Waals surface area contributed by atoms with Crippen LogP contribution in [0.3, 0.4) is 0 Å². The molecular weight excluding hydrogens is 237 g/mol. The molecule has 0 aromatic heterocycles. The number of anilines is 1. The quantitative estimate of drug-likeness (QED) is 0.824. The molecule has 19 heavy (non-hydrogen) atoms. The number of hydrogen-bond acceptors (Lipinski definition) is 1. The third kappa shape index (κ3) is 3.34. The molecule has 0 aliphatic heterocycles. The van der Waals surface area contributed by atoms with Crippen molar-refractivity contribution >= 4 is 5.69 Å². The van der Waals surface area contributed by atoms with Gasteiger partial charge in [0.2, 0.25) is 0 Å². The average Bonchev–Trinajstić information content (AvgIpc) is 2.42. The van der Waals surface area contributed by atoms with E-state index < -0.39 is 0 Å². The van der Waals surface area contributed by atoms with Crippen LogP contribution < -0.4 is 5.32 Å². The summed E-state index contributed by atoms with van der Waals surface area (Å²) in [5.41, 5.74) is 4.49. The van der Waals surface area contributed by atoms with Gasteiger partial charge in [-0.05, 0) is 55.2 Å². The molecule has 2 aromatic carbocycles. The van der Waals surface area contributed by atoms with Crippen LogP contribution in [0.25, 0.3) is 0 Å². The molecule has 0 aliphatic rings. The van der Waals surface area contributed by atoms with Crippen LogP contribution in [0.5, 0.6) is 0 Å². The van der Waals surface area contributed by atoms with E-state index in [0.717, 1.165) is 17.7 Å². The second-order valence-corrected chi connectivity index (χ2v) is 4.92. The van der Waals surface area contributed by atoms with Gasteiger partial charge in [0.25, 0.3) is 0 Å². The molecule has 0 aliphatic carbocycles. The minimum atomic E-state index is -0.192. The van der Waals surface area contributed by atoms with Crippen molar-refractivity contribution in [2.75, 3.05) is 5.32 Å². The lowest BCUT2D eigenvalue weighted by molar-refractivity contribution is 0.626. The highest BCUT2D eigenvalue weighted by Crippen LogP contribution is 2.23. The average molecular weight is 257 g/mol. The molecule has 0 radical (unpaired) electrons. The lowest BCUT2D eigenvalue weighted by Crippen LogP contribution is -2.07. The van der Waals surface area contributed by atoms with E-state index in [9.17, 15) is 4.39 Å². The Labute approximate surface area is 114 Å².